The second-order valence-electron chi connectivity index (χ2n) is 4.35. The molecule has 1 heterocycles. The summed E-state index contributed by atoms with van der Waals surface area (Å²) in [4.78, 5) is 0. The fourth-order valence-electron chi connectivity index (χ4n) is 1.46. The maximum atomic E-state index is 4.03. The van der Waals surface area contributed by atoms with Crippen LogP contribution in [0.1, 0.15) is 25.5 Å². The van der Waals surface area contributed by atoms with E-state index >= 15 is 0 Å². The molecule has 1 fully saturated rings. The van der Waals surface area contributed by atoms with Gasteiger partial charge in [-0.3, -0.25) is 4.68 Å². The molecule has 1 aromatic heterocycles. The van der Waals surface area contributed by atoms with E-state index in [1.54, 1.807) is 4.68 Å². The normalized spacial score (nSPS) is 18.0. The van der Waals surface area contributed by atoms with Crippen molar-refractivity contribution in [2.45, 2.75) is 38.4 Å². The zero-order valence-electron chi connectivity index (χ0n) is 9.40. The molecule has 0 radical (unpaired) electrons. The van der Waals surface area contributed by atoms with Crippen molar-refractivity contribution in [1.82, 2.24) is 25.6 Å². The van der Waals surface area contributed by atoms with E-state index < -0.39 is 0 Å². The van der Waals surface area contributed by atoms with Crippen LogP contribution < -0.4 is 10.6 Å². The fraction of sp³-hybridized carbons (Fsp3) is 0.800. The molecule has 1 aliphatic carbocycles. The molecule has 1 unspecified atom stereocenters. The highest BCUT2D eigenvalue weighted by Gasteiger charge is 2.20. The van der Waals surface area contributed by atoms with Crippen LogP contribution in [0.4, 0.5) is 0 Å². The summed E-state index contributed by atoms with van der Waals surface area (Å²) < 4.78 is 1.73. The van der Waals surface area contributed by atoms with Crippen LogP contribution >= 0.6 is 0 Å². The Balaban J connectivity index is 1.63. The Morgan fingerprint density at radius 3 is 3.00 bits per heavy atom. The van der Waals surface area contributed by atoms with Gasteiger partial charge in [0.05, 0.1) is 5.69 Å². The van der Waals surface area contributed by atoms with E-state index in [0.717, 1.165) is 24.8 Å². The van der Waals surface area contributed by atoms with E-state index in [1.165, 1.54) is 12.8 Å². The molecular weight excluding hydrogens is 190 g/mol. The zero-order valence-corrected chi connectivity index (χ0v) is 9.40. The molecule has 2 N–H and O–H groups in total. The smallest absolute Gasteiger partial charge is 0.0964 e. The molecule has 0 spiro atoms. The van der Waals surface area contributed by atoms with Gasteiger partial charge < -0.3 is 10.6 Å². The summed E-state index contributed by atoms with van der Waals surface area (Å²) in [6.45, 7) is 4.01. The van der Waals surface area contributed by atoms with Crippen LogP contribution in [-0.4, -0.2) is 33.6 Å². The van der Waals surface area contributed by atoms with Gasteiger partial charge in [0, 0.05) is 38.4 Å². The Labute approximate surface area is 90.2 Å². The van der Waals surface area contributed by atoms with Crippen molar-refractivity contribution >= 4 is 0 Å². The van der Waals surface area contributed by atoms with Gasteiger partial charge in [0.25, 0.3) is 0 Å². The summed E-state index contributed by atoms with van der Waals surface area (Å²) in [5.74, 6) is 0. The lowest BCUT2D eigenvalue weighted by Crippen LogP contribution is -2.36. The lowest BCUT2D eigenvalue weighted by Gasteiger charge is -2.13. The Bertz CT molecular complexity index is 305. The van der Waals surface area contributed by atoms with Gasteiger partial charge in [-0.05, 0) is 19.8 Å². The minimum atomic E-state index is 0.479. The summed E-state index contributed by atoms with van der Waals surface area (Å²) in [7, 11) is 1.88. The highest BCUT2D eigenvalue weighted by Crippen LogP contribution is 2.18. The quantitative estimate of drug-likeness (QED) is 0.695. The van der Waals surface area contributed by atoms with Crippen LogP contribution in [0.5, 0.6) is 0 Å². The van der Waals surface area contributed by atoms with Gasteiger partial charge >= 0.3 is 0 Å². The van der Waals surface area contributed by atoms with Crippen molar-refractivity contribution < 1.29 is 0 Å². The molecule has 1 aliphatic rings. The first-order valence-corrected chi connectivity index (χ1v) is 5.56. The molecule has 5 heteroatoms. The van der Waals surface area contributed by atoms with Crippen molar-refractivity contribution in [2.75, 3.05) is 6.54 Å². The molecule has 5 nitrogen and oxygen atoms in total. The van der Waals surface area contributed by atoms with Gasteiger partial charge in [-0.1, -0.05) is 5.21 Å². The van der Waals surface area contributed by atoms with Gasteiger partial charge in [0.2, 0.25) is 0 Å². The predicted octanol–water partition coefficient (Wildman–Crippen LogP) is 0.0452. The molecule has 1 saturated carbocycles. The Morgan fingerprint density at radius 1 is 1.60 bits per heavy atom. The first kappa shape index (κ1) is 10.6. The van der Waals surface area contributed by atoms with E-state index in [9.17, 15) is 0 Å². The summed E-state index contributed by atoms with van der Waals surface area (Å²) in [6.07, 6.45) is 4.63. The minimum Gasteiger partial charge on any atom is -0.312 e. The van der Waals surface area contributed by atoms with Crippen LogP contribution in [-0.2, 0) is 13.6 Å². The molecule has 0 saturated heterocycles. The third-order valence-electron chi connectivity index (χ3n) is 2.57. The van der Waals surface area contributed by atoms with Gasteiger partial charge in [-0.25, -0.2) is 0 Å². The second-order valence-corrected chi connectivity index (χ2v) is 4.35. The summed E-state index contributed by atoms with van der Waals surface area (Å²) in [5.41, 5.74) is 0.996. The molecule has 84 valence electrons. The number of nitrogens with zero attached hydrogens (tertiary/aromatic N) is 3. The topological polar surface area (TPSA) is 54.8 Å². The highest BCUT2D eigenvalue weighted by atomic mass is 15.4. The van der Waals surface area contributed by atoms with Gasteiger partial charge in [0.1, 0.15) is 0 Å². The number of hydrogen-bond donors (Lipinski definition) is 2. The van der Waals surface area contributed by atoms with E-state index in [1.807, 2.05) is 13.2 Å². The van der Waals surface area contributed by atoms with Crippen LogP contribution in [0.2, 0.25) is 0 Å². The van der Waals surface area contributed by atoms with Crippen molar-refractivity contribution in [3.8, 4) is 0 Å². The monoisotopic (exact) mass is 209 g/mol. The average molecular weight is 209 g/mol. The largest absolute Gasteiger partial charge is 0.312 e. The zero-order chi connectivity index (χ0) is 10.7. The molecule has 0 aliphatic heterocycles. The summed E-state index contributed by atoms with van der Waals surface area (Å²) in [5, 5.41) is 14.8. The number of nitrogens with one attached hydrogen (secondary N) is 2. The van der Waals surface area contributed by atoms with E-state index in [0.29, 0.717) is 6.04 Å². The number of aromatic nitrogens is 3. The summed E-state index contributed by atoms with van der Waals surface area (Å²) >= 11 is 0. The van der Waals surface area contributed by atoms with Crippen molar-refractivity contribution in [1.29, 1.82) is 0 Å². The highest BCUT2D eigenvalue weighted by molar-refractivity contribution is 4.91. The van der Waals surface area contributed by atoms with E-state index in [2.05, 4.69) is 27.9 Å². The van der Waals surface area contributed by atoms with Crippen molar-refractivity contribution in [3.63, 3.8) is 0 Å². The average Bonchev–Trinajstić information content (AvgIpc) is 2.95. The van der Waals surface area contributed by atoms with Gasteiger partial charge in [-0.15, -0.1) is 5.10 Å². The SMILES string of the molecule is CC(CNC1CC1)NCc1cn(C)nn1. The number of rotatable bonds is 6. The van der Waals surface area contributed by atoms with Crippen LogP contribution in [0.25, 0.3) is 0 Å². The standard InChI is InChI=1S/C10H19N5/c1-8(5-12-9-3-4-9)11-6-10-7-15(2)14-13-10/h7-9,11-12H,3-6H2,1-2H3. The third kappa shape index (κ3) is 3.60. The second kappa shape index (κ2) is 4.72. The Morgan fingerprint density at radius 2 is 2.40 bits per heavy atom. The predicted molar refractivity (Wildman–Crippen MR) is 58.3 cm³/mol. The molecule has 2 rings (SSSR count). The van der Waals surface area contributed by atoms with Crippen LogP contribution in [0.15, 0.2) is 6.20 Å². The third-order valence-corrected chi connectivity index (χ3v) is 2.57. The van der Waals surface area contributed by atoms with Crippen LogP contribution in [0, 0.1) is 0 Å². The van der Waals surface area contributed by atoms with Crippen LogP contribution in [0.3, 0.4) is 0 Å². The van der Waals surface area contributed by atoms with Gasteiger partial charge in [0.15, 0.2) is 0 Å². The lowest BCUT2D eigenvalue weighted by molar-refractivity contribution is 0.496. The Hall–Kier alpha value is -0.940. The first-order chi connectivity index (χ1) is 7.24. The molecular formula is C10H19N5. The lowest BCUT2D eigenvalue weighted by atomic mass is 10.3. The fourth-order valence-corrected chi connectivity index (χ4v) is 1.46. The molecule has 15 heavy (non-hydrogen) atoms. The molecule has 1 aromatic rings. The number of aryl methyl sites for hydroxylation is 1. The van der Waals surface area contributed by atoms with E-state index in [-0.39, 0.29) is 0 Å². The maximum Gasteiger partial charge on any atom is 0.0964 e. The Kier molecular flexibility index (Phi) is 3.33. The molecule has 0 aromatic carbocycles. The summed E-state index contributed by atoms with van der Waals surface area (Å²) in [6, 6.07) is 1.26. The first-order valence-electron chi connectivity index (χ1n) is 5.56. The number of hydrogen-bond acceptors (Lipinski definition) is 4. The van der Waals surface area contributed by atoms with E-state index in [4.69, 9.17) is 0 Å². The molecule has 0 amide bonds. The minimum absolute atomic E-state index is 0.479. The van der Waals surface area contributed by atoms with Gasteiger partial charge in [-0.2, -0.15) is 0 Å². The molecule has 0 bridgehead atoms. The van der Waals surface area contributed by atoms with Crippen molar-refractivity contribution in [3.05, 3.63) is 11.9 Å². The maximum absolute atomic E-state index is 4.03. The molecule has 1 atom stereocenters. The van der Waals surface area contributed by atoms with Crippen molar-refractivity contribution in [2.24, 2.45) is 7.05 Å².